The highest BCUT2D eigenvalue weighted by molar-refractivity contribution is 5.68. The van der Waals surface area contributed by atoms with E-state index in [1.165, 1.54) is 0 Å². The molecule has 1 unspecified atom stereocenters. The van der Waals surface area contributed by atoms with Gasteiger partial charge in [0.15, 0.2) is 0 Å². The van der Waals surface area contributed by atoms with Crippen molar-refractivity contribution in [3.05, 3.63) is 0 Å². The maximum absolute atomic E-state index is 10.00. The first-order chi connectivity index (χ1) is 5.63. The van der Waals surface area contributed by atoms with Crippen molar-refractivity contribution in [2.45, 2.75) is 13.0 Å². The third-order valence-corrected chi connectivity index (χ3v) is 1.06. The van der Waals surface area contributed by atoms with Crippen LogP contribution in [-0.2, 0) is 9.53 Å². The number of carboxylic acids is 1. The van der Waals surface area contributed by atoms with Crippen LogP contribution >= 0.6 is 0 Å². The van der Waals surface area contributed by atoms with Crippen LogP contribution in [0.4, 0.5) is 0 Å². The molecule has 72 valence electrons. The summed E-state index contributed by atoms with van der Waals surface area (Å²) in [7, 11) is 0. The molecule has 3 N–H and O–H groups in total. The molecule has 0 aromatic heterocycles. The maximum atomic E-state index is 10.00. The van der Waals surface area contributed by atoms with Crippen LogP contribution in [0.3, 0.4) is 0 Å². The molecule has 0 rings (SSSR count). The van der Waals surface area contributed by atoms with Gasteiger partial charge in [-0.25, -0.2) is 0 Å². The SMILES string of the molecule is CC(O)COCCNCC(=O)O. The molecule has 0 saturated carbocycles. The molecular formula is C7H15NO4. The molecule has 12 heavy (non-hydrogen) atoms. The highest BCUT2D eigenvalue weighted by atomic mass is 16.5. The number of aliphatic hydroxyl groups excluding tert-OH is 1. The quantitative estimate of drug-likeness (QED) is 0.437. The van der Waals surface area contributed by atoms with E-state index in [4.69, 9.17) is 14.9 Å². The fourth-order valence-electron chi connectivity index (χ4n) is 0.594. The third-order valence-electron chi connectivity index (χ3n) is 1.06. The second kappa shape index (κ2) is 7.02. The predicted octanol–water partition coefficient (Wildman–Crippen LogP) is -0.942. The van der Waals surface area contributed by atoms with Crippen molar-refractivity contribution < 1.29 is 19.7 Å². The lowest BCUT2D eigenvalue weighted by Gasteiger charge is -2.05. The fraction of sp³-hybridized carbons (Fsp3) is 0.857. The summed E-state index contributed by atoms with van der Waals surface area (Å²) in [5, 5.41) is 19.6. The Morgan fingerprint density at radius 3 is 2.83 bits per heavy atom. The van der Waals surface area contributed by atoms with Crippen molar-refractivity contribution in [2.24, 2.45) is 0 Å². The highest BCUT2D eigenvalue weighted by Crippen LogP contribution is 1.80. The summed E-state index contributed by atoms with van der Waals surface area (Å²) < 4.78 is 4.97. The molecule has 1 atom stereocenters. The standard InChI is InChI=1S/C7H15NO4/c1-6(9)5-12-3-2-8-4-7(10)11/h6,8-9H,2-5H2,1H3,(H,10,11). The van der Waals surface area contributed by atoms with E-state index in [1.54, 1.807) is 6.92 Å². The van der Waals surface area contributed by atoms with Gasteiger partial charge in [0.2, 0.25) is 0 Å². The van der Waals surface area contributed by atoms with E-state index in [0.717, 1.165) is 0 Å². The maximum Gasteiger partial charge on any atom is 0.317 e. The summed E-state index contributed by atoms with van der Waals surface area (Å²) in [6.07, 6.45) is -0.468. The second-order valence-corrected chi connectivity index (χ2v) is 2.49. The number of carbonyl (C=O) groups is 1. The summed E-state index contributed by atoms with van der Waals surface area (Å²) in [6, 6.07) is 0. The number of nitrogens with one attached hydrogen (secondary N) is 1. The molecule has 0 aromatic carbocycles. The van der Waals surface area contributed by atoms with Gasteiger partial charge in [-0.2, -0.15) is 0 Å². The van der Waals surface area contributed by atoms with Crippen LogP contribution in [0.25, 0.3) is 0 Å². The van der Waals surface area contributed by atoms with Crippen LogP contribution in [0.2, 0.25) is 0 Å². The largest absolute Gasteiger partial charge is 0.480 e. The molecule has 0 spiro atoms. The number of hydrogen-bond donors (Lipinski definition) is 3. The molecule has 0 aromatic rings. The normalized spacial score (nSPS) is 12.8. The minimum absolute atomic E-state index is 0.0575. The molecule has 0 saturated heterocycles. The number of hydrogen-bond acceptors (Lipinski definition) is 4. The molecule has 5 heteroatoms. The topological polar surface area (TPSA) is 78.8 Å². The van der Waals surface area contributed by atoms with Gasteiger partial charge < -0.3 is 20.3 Å². The van der Waals surface area contributed by atoms with E-state index in [-0.39, 0.29) is 13.2 Å². The van der Waals surface area contributed by atoms with Crippen molar-refractivity contribution in [1.82, 2.24) is 5.32 Å². The molecule has 0 heterocycles. The van der Waals surface area contributed by atoms with Crippen LogP contribution in [0.1, 0.15) is 6.92 Å². The number of carboxylic acid groups (broad SMARTS) is 1. The molecule has 0 bridgehead atoms. The summed E-state index contributed by atoms with van der Waals surface area (Å²) in [6.45, 7) is 2.76. The van der Waals surface area contributed by atoms with Crippen molar-refractivity contribution in [3.8, 4) is 0 Å². The first kappa shape index (κ1) is 11.4. The van der Waals surface area contributed by atoms with Gasteiger partial charge in [-0.05, 0) is 6.92 Å². The molecule has 0 aliphatic heterocycles. The zero-order valence-corrected chi connectivity index (χ0v) is 7.12. The Kier molecular flexibility index (Phi) is 6.64. The van der Waals surface area contributed by atoms with Crippen LogP contribution in [0, 0.1) is 0 Å². The highest BCUT2D eigenvalue weighted by Gasteiger charge is 1.96. The first-order valence-electron chi connectivity index (χ1n) is 3.81. The molecule has 0 radical (unpaired) electrons. The van der Waals surface area contributed by atoms with E-state index in [0.29, 0.717) is 13.2 Å². The Labute approximate surface area is 71.3 Å². The van der Waals surface area contributed by atoms with Gasteiger partial charge >= 0.3 is 5.97 Å². The molecule has 0 aliphatic rings. The zero-order valence-electron chi connectivity index (χ0n) is 7.12. The Hall–Kier alpha value is -0.650. The van der Waals surface area contributed by atoms with Crippen molar-refractivity contribution in [3.63, 3.8) is 0 Å². The van der Waals surface area contributed by atoms with Gasteiger partial charge in [0.1, 0.15) is 0 Å². The molecule has 5 nitrogen and oxygen atoms in total. The Bertz CT molecular complexity index is 127. The Morgan fingerprint density at radius 1 is 1.67 bits per heavy atom. The first-order valence-corrected chi connectivity index (χ1v) is 3.81. The third kappa shape index (κ3) is 9.35. The zero-order chi connectivity index (χ0) is 9.40. The van der Waals surface area contributed by atoms with Gasteiger partial charge in [-0.15, -0.1) is 0 Å². The fourth-order valence-corrected chi connectivity index (χ4v) is 0.594. The van der Waals surface area contributed by atoms with Gasteiger partial charge in [0.05, 0.1) is 25.9 Å². The molecular weight excluding hydrogens is 162 g/mol. The molecule has 0 aliphatic carbocycles. The average molecular weight is 177 g/mol. The summed E-state index contributed by atoms with van der Waals surface area (Å²) >= 11 is 0. The van der Waals surface area contributed by atoms with E-state index in [1.807, 2.05) is 0 Å². The lowest BCUT2D eigenvalue weighted by Crippen LogP contribution is -2.27. The minimum Gasteiger partial charge on any atom is -0.480 e. The van der Waals surface area contributed by atoms with E-state index in [2.05, 4.69) is 5.32 Å². The van der Waals surface area contributed by atoms with Gasteiger partial charge in [-0.3, -0.25) is 4.79 Å². The lowest BCUT2D eigenvalue weighted by molar-refractivity contribution is -0.136. The van der Waals surface area contributed by atoms with E-state index >= 15 is 0 Å². The Morgan fingerprint density at radius 2 is 2.33 bits per heavy atom. The van der Waals surface area contributed by atoms with Crippen LogP contribution in [-0.4, -0.2) is 48.6 Å². The number of ether oxygens (including phenoxy) is 1. The smallest absolute Gasteiger partial charge is 0.317 e. The lowest BCUT2D eigenvalue weighted by atomic mass is 10.4. The van der Waals surface area contributed by atoms with Gasteiger partial charge in [-0.1, -0.05) is 0 Å². The summed E-state index contributed by atoms with van der Waals surface area (Å²) in [5.74, 6) is -0.884. The predicted molar refractivity (Wildman–Crippen MR) is 43.0 cm³/mol. The summed E-state index contributed by atoms with van der Waals surface area (Å²) in [4.78, 5) is 10.00. The van der Waals surface area contributed by atoms with Gasteiger partial charge in [0.25, 0.3) is 0 Å². The Balaban J connectivity index is 2.96. The monoisotopic (exact) mass is 177 g/mol. The summed E-state index contributed by atoms with van der Waals surface area (Å²) in [5.41, 5.74) is 0. The van der Waals surface area contributed by atoms with Crippen LogP contribution in [0.15, 0.2) is 0 Å². The van der Waals surface area contributed by atoms with Gasteiger partial charge in [0, 0.05) is 6.54 Å². The van der Waals surface area contributed by atoms with Crippen LogP contribution < -0.4 is 5.32 Å². The number of rotatable bonds is 7. The van der Waals surface area contributed by atoms with Crippen LogP contribution in [0.5, 0.6) is 0 Å². The average Bonchev–Trinajstić information content (AvgIpc) is 1.95. The second-order valence-electron chi connectivity index (χ2n) is 2.49. The van der Waals surface area contributed by atoms with Crippen molar-refractivity contribution >= 4 is 5.97 Å². The van der Waals surface area contributed by atoms with E-state index in [9.17, 15) is 4.79 Å². The number of aliphatic hydroxyl groups is 1. The molecule has 0 amide bonds. The molecule has 0 fully saturated rings. The van der Waals surface area contributed by atoms with E-state index < -0.39 is 12.1 Å². The minimum atomic E-state index is -0.884. The number of aliphatic carboxylic acids is 1. The van der Waals surface area contributed by atoms with Crippen molar-refractivity contribution in [1.29, 1.82) is 0 Å². The van der Waals surface area contributed by atoms with Crippen molar-refractivity contribution in [2.75, 3.05) is 26.3 Å².